The number of hydrogen-bond donors (Lipinski definition) is 2. The van der Waals surface area contributed by atoms with Crippen molar-refractivity contribution >= 4 is 17.8 Å². The van der Waals surface area contributed by atoms with Crippen molar-refractivity contribution in [3.8, 4) is 16.8 Å². The van der Waals surface area contributed by atoms with Gasteiger partial charge in [0.2, 0.25) is 5.91 Å². The summed E-state index contributed by atoms with van der Waals surface area (Å²) in [6.45, 7) is 1.29. The minimum atomic E-state index is -0.974. The van der Waals surface area contributed by atoms with Gasteiger partial charge in [-0.2, -0.15) is 0 Å². The molecule has 0 saturated heterocycles. The number of benzene rings is 4. The van der Waals surface area contributed by atoms with Crippen LogP contribution in [0.25, 0.3) is 16.8 Å². The van der Waals surface area contributed by atoms with E-state index in [1.807, 2.05) is 94.7 Å². The summed E-state index contributed by atoms with van der Waals surface area (Å²) in [4.78, 5) is 40.6. The number of carboxylic acids is 1. The lowest BCUT2D eigenvalue weighted by molar-refractivity contribution is -0.122. The second kappa shape index (κ2) is 11.9. The Balaban J connectivity index is 1.17. The monoisotopic (exact) mass is 595 g/mol. The number of carboxylic acid groups (broad SMARTS) is 1. The molecule has 2 N–H and O–H groups in total. The summed E-state index contributed by atoms with van der Waals surface area (Å²) < 4.78 is 1.98. The number of fused-ring (bicyclic) bond motifs is 1. The van der Waals surface area contributed by atoms with Gasteiger partial charge < -0.3 is 19.9 Å². The second-order valence-electron chi connectivity index (χ2n) is 11.8. The van der Waals surface area contributed by atoms with E-state index in [1.165, 1.54) is 5.56 Å². The maximum atomic E-state index is 13.8. The van der Waals surface area contributed by atoms with Gasteiger partial charge in [0.05, 0.1) is 5.56 Å². The standard InChI is InChI=1S/C38H33N3O4/c42-36(34-22-33(34)25-8-2-1-3-9-25)39-23-29-14-15-31(26-10-6-12-28(20-26)38(44)45)32-16-19-41(24-35(29)32)37(43)27-11-7-13-30(21-27)40-17-4-5-18-40/h1-15,17-18,20-21,33-34H,16,19,22-24H2,(H,39,42)(H,44,45). The molecule has 0 bridgehead atoms. The molecule has 4 aromatic carbocycles. The van der Waals surface area contributed by atoms with Gasteiger partial charge in [0.15, 0.2) is 0 Å². The molecule has 2 unspecified atom stereocenters. The van der Waals surface area contributed by atoms with Crippen molar-refractivity contribution in [2.75, 3.05) is 6.54 Å². The maximum Gasteiger partial charge on any atom is 0.335 e. The lowest BCUT2D eigenvalue weighted by Gasteiger charge is -2.32. The van der Waals surface area contributed by atoms with Crippen LogP contribution in [-0.4, -0.2) is 38.9 Å². The molecule has 7 heteroatoms. The Hall–Kier alpha value is -5.43. The third kappa shape index (κ3) is 5.77. The summed E-state index contributed by atoms with van der Waals surface area (Å²) in [7, 11) is 0. The van der Waals surface area contributed by atoms with Gasteiger partial charge in [-0.25, -0.2) is 4.79 Å². The van der Waals surface area contributed by atoms with Crippen LogP contribution in [-0.2, 0) is 24.3 Å². The zero-order chi connectivity index (χ0) is 30.9. The van der Waals surface area contributed by atoms with Crippen LogP contribution in [0.15, 0.2) is 116 Å². The molecule has 45 heavy (non-hydrogen) atoms. The van der Waals surface area contributed by atoms with Crippen molar-refractivity contribution in [2.45, 2.75) is 31.8 Å². The van der Waals surface area contributed by atoms with Crippen LogP contribution in [0.1, 0.15) is 55.3 Å². The highest BCUT2D eigenvalue weighted by Crippen LogP contribution is 2.47. The van der Waals surface area contributed by atoms with Gasteiger partial charge in [-0.15, -0.1) is 0 Å². The van der Waals surface area contributed by atoms with Crippen molar-refractivity contribution in [3.63, 3.8) is 0 Å². The van der Waals surface area contributed by atoms with Crippen LogP contribution in [0.2, 0.25) is 0 Å². The Kier molecular flexibility index (Phi) is 7.51. The zero-order valence-electron chi connectivity index (χ0n) is 24.7. The molecule has 2 atom stereocenters. The lowest BCUT2D eigenvalue weighted by atomic mass is 9.87. The predicted molar refractivity (Wildman–Crippen MR) is 172 cm³/mol. The van der Waals surface area contributed by atoms with Gasteiger partial charge in [0.1, 0.15) is 0 Å². The van der Waals surface area contributed by atoms with E-state index in [9.17, 15) is 19.5 Å². The summed E-state index contributed by atoms with van der Waals surface area (Å²) in [6.07, 6.45) is 5.36. The number of amides is 2. The number of carbonyl (C=O) groups is 3. The Morgan fingerprint density at radius 3 is 2.38 bits per heavy atom. The molecule has 2 amide bonds. The van der Waals surface area contributed by atoms with Gasteiger partial charge in [-0.3, -0.25) is 9.59 Å². The Bertz CT molecular complexity index is 1900. The van der Waals surface area contributed by atoms with E-state index in [1.54, 1.807) is 18.2 Å². The van der Waals surface area contributed by atoms with Crippen LogP contribution >= 0.6 is 0 Å². The maximum absolute atomic E-state index is 13.8. The molecule has 0 spiro atoms. The predicted octanol–water partition coefficient (Wildman–Crippen LogP) is 6.46. The van der Waals surface area contributed by atoms with Gasteiger partial charge in [0.25, 0.3) is 5.91 Å². The topological polar surface area (TPSA) is 91.6 Å². The first-order valence-electron chi connectivity index (χ1n) is 15.3. The quantitative estimate of drug-likeness (QED) is 0.215. The van der Waals surface area contributed by atoms with Crippen molar-refractivity contribution in [1.82, 2.24) is 14.8 Å². The molecular formula is C38H33N3O4. The number of carbonyl (C=O) groups excluding carboxylic acids is 2. The van der Waals surface area contributed by atoms with Crippen molar-refractivity contribution < 1.29 is 19.5 Å². The normalized spacial score (nSPS) is 16.9. The molecular weight excluding hydrogens is 562 g/mol. The number of nitrogens with zero attached hydrogens (tertiary/aromatic N) is 2. The van der Waals surface area contributed by atoms with E-state index in [0.717, 1.165) is 39.9 Å². The largest absolute Gasteiger partial charge is 0.478 e. The molecule has 1 aliphatic carbocycles. The third-order valence-electron chi connectivity index (χ3n) is 9.02. The zero-order valence-corrected chi connectivity index (χ0v) is 24.7. The smallest absolute Gasteiger partial charge is 0.335 e. The van der Waals surface area contributed by atoms with E-state index < -0.39 is 5.97 Å². The Morgan fingerprint density at radius 1 is 0.800 bits per heavy atom. The van der Waals surface area contributed by atoms with Crippen molar-refractivity contribution in [2.24, 2.45) is 5.92 Å². The van der Waals surface area contributed by atoms with Crippen LogP contribution < -0.4 is 5.32 Å². The lowest BCUT2D eigenvalue weighted by Crippen LogP contribution is -2.37. The van der Waals surface area contributed by atoms with Gasteiger partial charge in [-0.05, 0) is 94.6 Å². The highest BCUT2D eigenvalue weighted by Gasteiger charge is 2.43. The van der Waals surface area contributed by atoms with E-state index in [0.29, 0.717) is 31.6 Å². The number of nitrogens with one attached hydrogen (secondary N) is 1. The molecule has 224 valence electrons. The first kappa shape index (κ1) is 28.3. The fraction of sp³-hybridized carbons (Fsp3) is 0.184. The summed E-state index contributed by atoms with van der Waals surface area (Å²) in [5.41, 5.74) is 7.79. The summed E-state index contributed by atoms with van der Waals surface area (Å²) in [5.74, 6) is -0.766. The van der Waals surface area contributed by atoms with E-state index in [-0.39, 0.29) is 29.2 Å². The highest BCUT2D eigenvalue weighted by atomic mass is 16.4. The molecule has 1 aromatic heterocycles. The number of aromatic nitrogens is 1. The molecule has 7 nitrogen and oxygen atoms in total. The van der Waals surface area contributed by atoms with Gasteiger partial charge in [0, 0.05) is 49.2 Å². The molecule has 1 fully saturated rings. The minimum Gasteiger partial charge on any atom is -0.478 e. The fourth-order valence-corrected chi connectivity index (χ4v) is 6.53. The van der Waals surface area contributed by atoms with E-state index >= 15 is 0 Å². The van der Waals surface area contributed by atoms with Crippen LogP contribution in [0.3, 0.4) is 0 Å². The molecule has 2 heterocycles. The molecule has 5 aromatic rings. The van der Waals surface area contributed by atoms with Crippen molar-refractivity contribution in [3.05, 3.63) is 149 Å². The second-order valence-corrected chi connectivity index (χ2v) is 11.8. The highest BCUT2D eigenvalue weighted by molar-refractivity contribution is 5.95. The van der Waals surface area contributed by atoms with Gasteiger partial charge in [-0.1, -0.05) is 60.7 Å². The summed E-state index contributed by atoms with van der Waals surface area (Å²) in [6, 6.07) is 32.7. The fourth-order valence-electron chi connectivity index (χ4n) is 6.53. The molecule has 1 aliphatic heterocycles. The molecule has 1 saturated carbocycles. The van der Waals surface area contributed by atoms with Crippen LogP contribution in [0.4, 0.5) is 0 Å². The summed E-state index contributed by atoms with van der Waals surface area (Å²) in [5, 5.41) is 12.8. The molecule has 2 aliphatic rings. The average Bonchev–Trinajstić information content (AvgIpc) is 3.70. The number of hydrogen-bond acceptors (Lipinski definition) is 3. The number of rotatable bonds is 8. The first-order chi connectivity index (χ1) is 22.0. The Labute approximate surface area is 261 Å². The molecule has 0 radical (unpaired) electrons. The van der Waals surface area contributed by atoms with Crippen molar-refractivity contribution in [1.29, 1.82) is 0 Å². The number of aromatic carboxylic acids is 1. The van der Waals surface area contributed by atoms with Crippen LogP contribution in [0, 0.1) is 5.92 Å². The van der Waals surface area contributed by atoms with Crippen LogP contribution in [0.5, 0.6) is 0 Å². The molecule has 7 rings (SSSR count). The van der Waals surface area contributed by atoms with E-state index in [2.05, 4.69) is 17.4 Å². The minimum absolute atomic E-state index is 0.0353. The average molecular weight is 596 g/mol. The Morgan fingerprint density at radius 2 is 1.58 bits per heavy atom. The van der Waals surface area contributed by atoms with E-state index in [4.69, 9.17) is 0 Å². The summed E-state index contributed by atoms with van der Waals surface area (Å²) >= 11 is 0. The SMILES string of the molecule is O=C(O)c1cccc(-c2ccc(CNC(=O)C3CC3c3ccccc3)c3c2CCN(C(=O)c2cccc(-n4cccc4)c2)C3)c1. The third-order valence-corrected chi connectivity index (χ3v) is 9.02. The van der Waals surface area contributed by atoms with Gasteiger partial charge >= 0.3 is 5.97 Å². The first-order valence-corrected chi connectivity index (χ1v) is 15.3.